The van der Waals surface area contributed by atoms with Crippen LogP contribution in [0.1, 0.15) is 36.9 Å². The third kappa shape index (κ3) is 3.49. The van der Waals surface area contributed by atoms with Gasteiger partial charge in [0.2, 0.25) is 5.95 Å². The number of nitrogens with one attached hydrogen (secondary N) is 1. The molecule has 0 radical (unpaired) electrons. The highest BCUT2D eigenvalue weighted by Gasteiger charge is 2.25. The van der Waals surface area contributed by atoms with Crippen molar-refractivity contribution in [2.75, 3.05) is 18.0 Å². The number of hydrogen-bond donors (Lipinski definition) is 1. The van der Waals surface area contributed by atoms with Gasteiger partial charge in [-0.2, -0.15) is 0 Å². The van der Waals surface area contributed by atoms with Crippen molar-refractivity contribution in [3.63, 3.8) is 0 Å². The summed E-state index contributed by atoms with van der Waals surface area (Å²) in [6.07, 6.45) is 12.6. The Balaban J connectivity index is 1.67. The molecule has 0 saturated heterocycles. The molecule has 20 heavy (non-hydrogen) atoms. The van der Waals surface area contributed by atoms with Crippen LogP contribution in [0, 0.1) is 25.2 Å². The van der Waals surface area contributed by atoms with Gasteiger partial charge in [0, 0.05) is 36.6 Å². The second-order valence-corrected chi connectivity index (χ2v) is 5.96. The molecule has 1 heterocycles. The normalized spacial score (nSPS) is 17.8. The molecule has 2 saturated carbocycles. The molecule has 2 aliphatic carbocycles. The maximum absolute atomic E-state index is 5.46. The number of nitrogens with zero attached hydrogens (tertiary/aromatic N) is 3. The number of terminal acetylenes is 1. The van der Waals surface area contributed by atoms with Crippen molar-refractivity contribution in [1.29, 1.82) is 0 Å². The molecule has 2 fully saturated rings. The summed E-state index contributed by atoms with van der Waals surface area (Å²) in [6, 6.07) is 0.710. The highest BCUT2D eigenvalue weighted by molar-refractivity contribution is 5.35. The number of anilines is 1. The van der Waals surface area contributed by atoms with E-state index in [-0.39, 0.29) is 0 Å². The Labute approximate surface area is 121 Å². The highest BCUT2D eigenvalue weighted by atomic mass is 15.2. The third-order valence-electron chi connectivity index (χ3n) is 3.97. The minimum Gasteiger partial charge on any atom is -0.329 e. The molecule has 0 aromatic carbocycles. The van der Waals surface area contributed by atoms with Gasteiger partial charge in [-0.1, -0.05) is 5.92 Å². The van der Waals surface area contributed by atoms with Gasteiger partial charge in [0.1, 0.15) is 0 Å². The van der Waals surface area contributed by atoms with E-state index in [4.69, 9.17) is 6.42 Å². The van der Waals surface area contributed by atoms with E-state index in [0.29, 0.717) is 12.6 Å². The fourth-order valence-electron chi connectivity index (χ4n) is 2.29. The topological polar surface area (TPSA) is 41.1 Å². The van der Waals surface area contributed by atoms with E-state index in [1.54, 1.807) is 0 Å². The SMILES string of the molecule is C#CCN(CC1CC1)c1ncc(CNC2CC2)c(C)n1. The first-order valence-electron chi connectivity index (χ1n) is 7.50. The number of aromatic nitrogens is 2. The average molecular weight is 270 g/mol. The van der Waals surface area contributed by atoms with Gasteiger partial charge < -0.3 is 10.2 Å². The predicted octanol–water partition coefficient (Wildman–Crippen LogP) is 1.89. The van der Waals surface area contributed by atoms with Crippen LogP contribution < -0.4 is 10.2 Å². The Kier molecular flexibility index (Phi) is 3.88. The Bertz CT molecular complexity index is 512. The Morgan fingerprint density at radius 1 is 1.40 bits per heavy atom. The Morgan fingerprint density at radius 2 is 2.20 bits per heavy atom. The first-order valence-corrected chi connectivity index (χ1v) is 7.50. The molecule has 0 spiro atoms. The van der Waals surface area contributed by atoms with Crippen molar-refractivity contribution in [2.45, 2.75) is 45.2 Å². The molecule has 4 nitrogen and oxygen atoms in total. The molecule has 1 aromatic heterocycles. The molecule has 1 N–H and O–H groups in total. The summed E-state index contributed by atoms with van der Waals surface area (Å²) >= 11 is 0. The fourth-order valence-corrected chi connectivity index (χ4v) is 2.29. The van der Waals surface area contributed by atoms with E-state index in [1.807, 2.05) is 6.20 Å². The second-order valence-electron chi connectivity index (χ2n) is 5.96. The van der Waals surface area contributed by atoms with E-state index in [2.05, 4.69) is 33.0 Å². The lowest BCUT2D eigenvalue weighted by atomic mass is 10.2. The smallest absolute Gasteiger partial charge is 0.226 e. The standard InChI is InChI=1S/C16H22N4/c1-3-8-20(11-13-4-5-13)16-18-10-14(12(2)19-16)9-17-15-6-7-15/h1,10,13,15,17H,4-9,11H2,2H3. The second kappa shape index (κ2) is 5.80. The largest absolute Gasteiger partial charge is 0.329 e. The average Bonchev–Trinajstić information content (AvgIpc) is 3.31. The van der Waals surface area contributed by atoms with Gasteiger partial charge in [0.25, 0.3) is 0 Å². The summed E-state index contributed by atoms with van der Waals surface area (Å²) < 4.78 is 0. The van der Waals surface area contributed by atoms with Gasteiger partial charge in [-0.25, -0.2) is 9.97 Å². The number of rotatable bonds is 7. The van der Waals surface area contributed by atoms with Gasteiger partial charge in [0.15, 0.2) is 0 Å². The zero-order valence-electron chi connectivity index (χ0n) is 12.1. The molecule has 3 rings (SSSR count). The van der Waals surface area contributed by atoms with Gasteiger partial charge in [-0.05, 0) is 38.5 Å². The molecule has 106 valence electrons. The van der Waals surface area contributed by atoms with Crippen molar-refractivity contribution in [1.82, 2.24) is 15.3 Å². The van der Waals surface area contributed by atoms with Gasteiger partial charge in [-0.3, -0.25) is 0 Å². The van der Waals surface area contributed by atoms with Crippen LogP contribution in [0.15, 0.2) is 6.20 Å². The molecule has 2 aliphatic rings. The monoisotopic (exact) mass is 270 g/mol. The summed E-state index contributed by atoms with van der Waals surface area (Å²) in [6.45, 7) is 4.51. The lowest BCUT2D eigenvalue weighted by Crippen LogP contribution is -2.28. The number of hydrogen-bond acceptors (Lipinski definition) is 4. The van der Waals surface area contributed by atoms with E-state index in [1.165, 1.54) is 31.2 Å². The van der Waals surface area contributed by atoms with E-state index in [9.17, 15) is 0 Å². The van der Waals surface area contributed by atoms with Crippen LogP contribution in [-0.2, 0) is 6.54 Å². The van der Waals surface area contributed by atoms with Gasteiger partial charge in [0.05, 0.1) is 6.54 Å². The molecule has 0 atom stereocenters. The number of aryl methyl sites for hydroxylation is 1. The molecular formula is C16H22N4. The molecule has 0 unspecified atom stereocenters. The zero-order chi connectivity index (χ0) is 13.9. The van der Waals surface area contributed by atoms with Crippen molar-refractivity contribution in [3.05, 3.63) is 17.5 Å². The fraction of sp³-hybridized carbons (Fsp3) is 0.625. The predicted molar refractivity (Wildman–Crippen MR) is 80.4 cm³/mol. The summed E-state index contributed by atoms with van der Waals surface area (Å²) in [5.74, 6) is 4.28. The van der Waals surface area contributed by atoms with Crippen LogP contribution in [0.4, 0.5) is 5.95 Å². The van der Waals surface area contributed by atoms with E-state index >= 15 is 0 Å². The van der Waals surface area contributed by atoms with E-state index < -0.39 is 0 Å². The summed E-state index contributed by atoms with van der Waals surface area (Å²) in [7, 11) is 0. The maximum atomic E-state index is 5.46. The maximum Gasteiger partial charge on any atom is 0.226 e. The lowest BCUT2D eigenvalue weighted by molar-refractivity contribution is 0.676. The summed E-state index contributed by atoms with van der Waals surface area (Å²) in [5, 5.41) is 3.50. The highest BCUT2D eigenvalue weighted by Crippen LogP contribution is 2.30. The lowest BCUT2D eigenvalue weighted by Gasteiger charge is -2.20. The molecule has 1 aromatic rings. The first-order chi connectivity index (χ1) is 9.76. The van der Waals surface area contributed by atoms with Crippen LogP contribution in [0.25, 0.3) is 0 Å². The van der Waals surface area contributed by atoms with Crippen LogP contribution >= 0.6 is 0 Å². The third-order valence-corrected chi connectivity index (χ3v) is 3.97. The zero-order valence-corrected chi connectivity index (χ0v) is 12.1. The van der Waals surface area contributed by atoms with Crippen molar-refractivity contribution in [2.24, 2.45) is 5.92 Å². The molecule has 0 aliphatic heterocycles. The summed E-state index contributed by atoms with van der Waals surface area (Å²) in [5.41, 5.74) is 2.24. The van der Waals surface area contributed by atoms with Crippen molar-refractivity contribution >= 4 is 5.95 Å². The molecule has 0 amide bonds. The molecule has 4 heteroatoms. The van der Waals surface area contributed by atoms with Crippen LogP contribution in [-0.4, -0.2) is 29.1 Å². The quantitative estimate of drug-likeness (QED) is 0.768. The van der Waals surface area contributed by atoms with Gasteiger partial charge >= 0.3 is 0 Å². The Morgan fingerprint density at radius 3 is 2.80 bits per heavy atom. The minimum atomic E-state index is 0.593. The first kappa shape index (κ1) is 13.4. The van der Waals surface area contributed by atoms with Crippen molar-refractivity contribution < 1.29 is 0 Å². The minimum absolute atomic E-state index is 0.593. The Hall–Kier alpha value is -1.60. The van der Waals surface area contributed by atoms with Gasteiger partial charge in [-0.15, -0.1) is 6.42 Å². The molecular weight excluding hydrogens is 248 g/mol. The van der Waals surface area contributed by atoms with Crippen LogP contribution in [0.3, 0.4) is 0 Å². The van der Waals surface area contributed by atoms with Crippen LogP contribution in [0.2, 0.25) is 0 Å². The van der Waals surface area contributed by atoms with E-state index in [0.717, 1.165) is 30.6 Å². The van der Waals surface area contributed by atoms with Crippen molar-refractivity contribution in [3.8, 4) is 12.3 Å². The summed E-state index contributed by atoms with van der Waals surface area (Å²) in [4.78, 5) is 11.3. The molecule has 0 bridgehead atoms. The van der Waals surface area contributed by atoms with Crippen LogP contribution in [0.5, 0.6) is 0 Å².